The first-order chi connectivity index (χ1) is 12.8. The van der Waals surface area contributed by atoms with E-state index < -0.39 is 15.7 Å². The molecule has 2 aliphatic heterocycles. The second-order valence-electron chi connectivity index (χ2n) is 6.51. The summed E-state index contributed by atoms with van der Waals surface area (Å²) in [6, 6.07) is 9.84. The van der Waals surface area contributed by atoms with E-state index in [0.29, 0.717) is 23.0 Å². The van der Waals surface area contributed by atoms with Gasteiger partial charge < -0.3 is 4.90 Å². The molecule has 0 amide bonds. The van der Waals surface area contributed by atoms with Crippen molar-refractivity contribution in [2.24, 2.45) is 4.99 Å². The fourth-order valence-electron chi connectivity index (χ4n) is 3.18. The summed E-state index contributed by atoms with van der Waals surface area (Å²) in [7, 11) is -3.05. The monoisotopic (exact) mass is 428 g/mol. The third-order valence-corrected chi connectivity index (χ3v) is 8.12. The standard InChI is InChI=1S/C18H15ClF2N2O2S2/c19-15-7-13(21)2-1-11(15)8-23(14-5-3-12(20)4-6-14)18-22-16-9-27(24,25)10-17(16)26-18/h1-7,16-17H,8-10H2/t16-,17+/m1/s1. The van der Waals surface area contributed by atoms with Crippen LogP contribution in [0.15, 0.2) is 47.5 Å². The van der Waals surface area contributed by atoms with Crippen molar-refractivity contribution in [2.45, 2.75) is 17.8 Å². The van der Waals surface area contributed by atoms with Gasteiger partial charge in [0.05, 0.1) is 24.1 Å². The average Bonchev–Trinajstić information content (AvgIpc) is 3.08. The topological polar surface area (TPSA) is 49.7 Å². The van der Waals surface area contributed by atoms with Crippen LogP contribution in [0, 0.1) is 11.6 Å². The second-order valence-corrected chi connectivity index (χ2v) is 10.3. The fraction of sp³-hybridized carbons (Fsp3) is 0.278. The van der Waals surface area contributed by atoms with Crippen LogP contribution in [0.1, 0.15) is 5.56 Å². The highest BCUT2D eigenvalue weighted by Crippen LogP contribution is 2.37. The Morgan fingerprint density at radius 3 is 2.48 bits per heavy atom. The van der Waals surface area contributed by atoms with Crippen LogP contribution in [0.25, 0.3) is 0 Å². The van der Waals surface area contributed by atoms with Gasteiger partial charge in [-0.15, -0.1) is 0 Å². The molecule has 142 valence electrons. The lowest BCUT2D eigenvalue weighted by Gasteiger charge is -2.25. The molecule has 2 heterocycles. The summed E-state index contributed by atoms with van der Waals surface area (Å²) in [4.78, 5) is 6.46. The number of anilines is 1. The number of thioether (sulfide) groups is 1. The van der Waals surface area contributed by atoms with E-state index in [2.05, 4.69) is 4.99 Å². The van der Waals surface area contributed by atoms with Crippen LogP contribution >= 0.6 is 23.4 Å². The number of aliphatic imine (C=N–C) groups is 1. The molecule has 1 saturated heterocycles. The van der Waals surface area contributed by atoms with Crippen molar-refractivity contribution in [3.8, 4) is 0 Å². The van der Waals surface area contributed by atoms with Crippen molar-refractivity contribution in [1.82, 2.24) is 0 Å². The van der Waals surface area contributed by atoms with E-state index in [-0.39, 0.29) is 33.6 Å². The maximum Gasteiger partial charge on any atom is 0.164 e. The normalized spacial score (nSPS) is 23.1. The molecule has 9 heteroatoms. The molecule has 2 aromatic carbocycles. The van der Waals surface area contributed by atoms with E-state index in [9.17, 15) is 17.2 Å². The van der Waals surface area contributed by atoms with E-state index in [0.717, 1.165) is 0 Å². The predicted octanol–water partition coefficient (Wildman–Crippen LogP) is 3.89. The second kappa shape index (κ2) is 7.07. The first kappa shape index (κ1) is 18.7. The smallest absolute Gasteiger partial charge is 0.164 e. The minimum Gasteiger partial charge on any atom is -0.317 e. The number of sulfone groups is 1. The summed E-state index contributed by atoms with van der Waals surface area (Å²) < 4.78 is 50.3. The third kappa shape index (κ3) is 3.97. The quantitative estimate of drug-likeness (QED) is 0.744. The molecule has 0 spiro atoms. The molecule has 0 saturated carbocycles. The Bertz CT molecular complexity index is 1010. The number of benzene rings is 2. The Morgan fingerprint density at radius 2 is 1.81 bits per heavy atom. The fourth-order valence-corrected chi connectivity index (χ4v) is 7.19. The lowest BCUT2D eigenvalue weighted by Crippen LogP contribution is -2.28. The van der Waals surface area contributed by atoms with E-state index in [1.165, 1.54) is 36.0 Å². The zero-order valence-corrected chi connectivity index (χ0v) is 16.4. The van der Waals surface area contributed by atoms with Crippen LogP contribution < -0.4 is 4.90 Å². The number of halogens is 3. The number of rotatable bonds is 3. The molecule has 0 bridgehead atoms. The van der Waals surface area contributed by atoms with Gasteiger partial charge in [-0.3, -0.25) is 4.99 Å². The molecular formula is C18H15ClF2N2O2S2. The van der Waals surface area contributed by atoms with Crippen LogP contribution in [0.2, 0.25) is 5.02 Å². The first-order valence-electron chi connectivity index (χ1n) is 8.23. The summed E-state index contributed by atoms with van der Waals surface area (Å²) in [5, 5.41) is 0.831. The van der Waals surface area contributed by atoms with Crippen molar-refractivity contribution < 1.29 is 17.2 Å². The summed E-state index contributed by atoms with van der Waals surface area (Å²) in [6.45, 7) is 0.308. The summed E-state index contributed by atoms with van der Waals surface area (Å²) in [5.41, 5.74) is 1.39. The molecule has 0 radical (unpaired) electrons. The molecule has 0 unspecified atom stereocenters. The Kier molecular flexibility index (Phi) is 4.90. The van der Waals surface area contributed by atoms with E-state index in [1.807, 2.05) is 4.90 Å². The van der Waals surface area contributed by atoms with Gasteiger partial charge in [0.15, 0.2) is 15.0 Å². The highest BCUT2D eigenvalue weighted by molar-refractivity contribution is 8.15. The number of fused-ring (bicyclic) bond motifs is 1. The van der Waals surface area contributed by atoms with Gasteiger partial charge in [-0.2, -0.15) is 0 Å². The zero-order chi connectivity index (χ0) is 19.2. The molecule has 0 N–H and O–H groups in total. The highest BCUT2D eigenvalue weighted by atomic mass is 35.5. The Balaban J connectivity index is 1.68. The van der Waals surface area contributed by atoms with Crippen molar-refractivity contribution in [3.63, 3.8) is 0 Å². The van der Waals surface area contributed by atoms with Gasteiger partial charge in [-0.1, -0.05) is 29.4 Å². The van der Waals surface area contributed by atoms with Gasteiger partial charge in [-0.05, 0) is 42.0 Å². The summed E-state index contributed by atoms with van der Waals surface area (Å²) in [6.07, 6.45) is 0. The lowest BCUT2D eigenvalue weighted by atomic mass is 10.2. The van der Waals surface area contributed by atoms with E-state index in [4.69, 9.17) is 11.6 Å². The largest absolute Gasteiger partial charge is 0.317 e. The number of hydrogen-bond donors (Lipinski definition) is 0. The maximum atomic E-state index is 13.4. The lowest BCUT2D eigenvalue weighted by molar-refractivity contribution is 0.601. The Morgan fingerprint density at radius 1 is 1.11 bits per heavy atom. The molecule has 2 aromatic rings. The van der Waals surface area contributed by atoms with Gasteiger partial charge in [0, 0.05) is 16.0 Å². The van der Waals surface area contributed by atoms with Gasteiger partial charge in [-0.25, -0.2) is 17.2 Å². The molecule has 4 rings (SSSR count). The number of hydrogen-bond acceptors (Lipinski definition) is 5. The van der Waals surface area contributed by atoms with E-state index >= 15 is 0 Å². The summed E-state index contributed by atoms with van der Waals surface area (Å²) in [5.74, 6) is -0.640. The number of nitrogens with zero attached hydrogens (tertiary/aromatic N) is 2. The number of amidine groups is 1. The van der Waals surface area contributed by atoms with Gasteiger partial charge in [0.1, 0.15) is 11.6 Å². The van der Waals surface area contributed by atoms with Crippen LogP contribution in [0.3, 0.4) is 0 Å². The van der Waals surface area contributed by atoms with Crippen molar-refractivity contribution >= 4 is 44.1 Å². The highest BCUT2D eigenvalue weighted by Gasteiger charge is 2.44. The minimum atomic E-state index is -3.05. The molecule has 1 fully saturated rings. The predicted molar refractivity (Wildman–Crippen MR) is 105 cm³/mol. The van der Waals surface area contributed by atoms with Gasteiger partial charge in [0.25, 0.3) is 0 Å². The molecular weight excluding hydrogens is 414 g/mol. The Labute approximate surface area is 165 Å². The van der Waals surface area contributed by atoms with Crippen molar-refractivity contribution in [2.75, 3.05) is 16.4 Å². The molecule has 2 atom stereocenters. The van der Waals surface area contributed by atoms with Crippen molar-refractivity contribution in [3.05, 3.63) is 64.7 Å². The maximum absolute atomic E-state index is 13.4. The van der Waals surface area contributed by atoms with Gasteiger partial charge >= 0.3 is 0 Å². The Hall–Kier alpha value is -1.64. The van der Waals surface area contributed by atoms with Crippen LogP contribution in [0.4, 0.5) is 14.5 Å². The van der Waals surface area contributed by atoms with Crippen molar-refractivity contribution in [1.29, 1.82) is 0 Å². The third-order valence-electron chi connectivity index (χ3n) is 4.52. The van der Waals surface area contributed by atoms with Gasteiger partial charge in [0.2, 0.25) is 0 Å². The van der Waals surface area contributed by atoms with Crippen LogP contribution in [0.5, 0.6) is 0 Å². The van der Waals surface area contributed by atoms with E-state index in [1.54, 1.807) is 18.2 Å². The zero-order valence-electron chi connectivity index (χ0n) is 14.0. The first-order valence-corrected chi connectivity index (χ1v) is 11.3. The molecule has 4 nitrogen and oxygen atoms in total. The van der Waals surface area contributed by atoms with Crippen LogP contribution in [-0.4, -0.2) is 36.4 Å². The van der Waals surface area contributed by atoms with Crippen LogP contribution in [-0.2, 0) is 16.4 Å². The molecule has 2 aliphatic rings. The SMILES string of the molecule is O=S1(=O)C[C@@H]2SC(N(Cc3ccc(F)cc3Cl)c3ccc(F)cc3)=N[C@@H]2C1. The summed E-state index contributed by atoms with van der Waals surface area (Å²) >= 11 is 7.58. The molecule has 27 heavy (non-hydrogen) atoms. The average molecular weight is 429 g/mol. The minimum absolute atomic E-state index is 0.0444. The molecule has 0 aliphatic carbocycles. The molecule has 0 aromatic heterocycles.